The largest absolute Gasteiger partial charge is 0.330 e. The lowest BCUT2D eigenvalue weighted by molar-refractivity contribution is -0.139. The predicted octanol–water partition coefficient (Wildman–Crippen LogP) is 4.57. The van der Waals surface area contributed by atoms with Gasteiger partial charge < -0.3 is 4.90 Å². The Morgan fingerprint density at radius 1 is 1.13 bits per heavy atom. The smallest absolute Gasteiger partial charge is 0.257 e. The number of allylic oxidation sites excluding steroid dienone is 1. The Balaban J connectivity index is 1.52. The number of hydrogen-bond donors (Lipinski definition) is 0. The zero-order chi connectivity index (χ0) is 21.3. The van der Waals surface area contributed by atoms with Gasteiger partial charge in [-0.25, -0.2) is 4.90 Å². The molecule has 3 aliphatic rings. The highest BCUT2D eigenvalue weighted by atomic mass is 16.2. The molecule has 1 aliphatic heterocycles. The molecule has 160 valence electrons. The van der Waals surface area contributed by atoms with Crippen molar-refractivity contribution in [1.29, 1.82) is 0 Å². The molecular formula is C25H32N2O3. The molecule has 0 bridgehead atoms. The zero-order valence-electron chi connectivity index (χ0n) is 18.1. The molecular weight excluding hydrogens is 376 g/mol. The first-order valence-electron chi connectivity index (χ1n) is 11.4. The number of amides is 3. The second kappa shape index (κ2) is 8.75. The summed E-state index contributed by atoms with van der Waals surface area (Å²) in [5, 5.41) is 0. The number of carbonyl (C=O) groups excluding carboxylic acids is 3. The van der Waals surface area contributed by atoms with Crippen molar-refractivity contribution in [2.24, 2.45) is 5.92 Å². The summed E-state index contributed by atoms with van der Waals surface area (Å²) in [7, 11) is 0. The first kappa shape index (κ1) is 20.8. The molecule has 2 aliphatic carbocycles. The number of anilines is 1. The molecule has 0 N–H and O–H groups in total. The van der Waals surface area contributed by atoms with E-state index >= 15 is 0 Å². The van der Waals surface area contributed by atoms with E-state index in [0.29, 0.717) is 18.2 Å². The van der Waals surface area contributed by atoms with E-state index in [4.69, 9.17) is 0 Å². The van der Waals surface area contributed by atoms with E-state index in [9.17, 15) is 14.4 Å². The molecule has 3 amide bonds. The molecule has 1 unspecified atom stereocenters. The van der Waals surface area contributed by atoms with E-state index in [1.54, 1.807) is 4.90 Å². The van der Waals surface area contributed by atoms with Crippen molar-refractivity contribution in [2.45, 2.75) is 77.2 Å². The van der Waals surface area contributed by atoms with Crippen molar-refractivity contribution in [3.05, 3.63) is 41.5 Å². The second-order valence-corrected chi connectivity index (χ2v) is 9.20. The summed E-state index contributed by atoms with van der Waals surface area (Å²) in [6.45, 7) is 4.76. The standard InChI is InChI=1S/C25H32N2O3/c1-17(2)19-10-12-21(13-11-19)27-23(28)16-22(25(27)30)26(24(29)20-8-9-20)15-14-18-6-4-3-5-7-18/h6,10-13,17,20,22H,3-5,7-9,14-16H2,1-2H3. The van der Waals surface area contributed by atoms with Crippen molar-refractivity contribution >= 4 is 23.4 Å². The highest BCUT2D eigenvalue weighted by Gasteiger charge is 2.46. The summed E-state index contributed by atoms with van der Waals surface area (Å²) in [5.74, 6) is -0.00333. The third-order valence-corrected chi connectivity index (χ3v) is 6.59. The highest BCUT2D eigenvalue weighted by Crippen LogP contribution is 2.35. The summed E-state index contributed by atoms with van der Waals surface area (Å²) >= 11 is 0. The fraction of sp³-hybridized carbons (Fsp3) is 0.560. The van der Waals surface area contributed by atoms with E-state index in [2.05, 4.69) is 19.9 Å². The van der Waals surface area contributed by atoms with Crippen LogP contribution in [0.25, 0.3) is 0 Å². The Morgan fingerprint density at radius 2 is 1.87 bits per heavy atom. The van der Waals surface area contributed by atoms with Crippen LogP contribution in [-0.2, 0) is 14.4 Å². The van der Waals surface area contributed by atoms with Gasteiger partial charge in [0.15, 0.2) is 0 Å². The number of nitrogens with zero attached hydrogens (tertiary/aromatic N) is 2. The Labute approximate surface area is 179 Å². The van der Waals surface area contributed by atoms with Crippen molar-refractivity contribution in [3.8, 4) is 0 Å². The first-order chi connectivity index (χ1) is 14.5. The maximum Gasteiger partial charge on any atom is 0.257 e. The molecule has 0 spiro atoms. The normalized spacial score (nSPS) is 21.9. The Kier molecular flexibility index (Phi) is 6.07. The summed E-state index contributed by atoms with van der Waals surface area (Å²) in [4.78, 5) is 42.1. The third kappa shape index (κ3) is 4.35. The van der Waals surface area contributed by atoms with Crippen LogP contribution in [-0.4, -0.2) is 35.2 Å². The maximum absolute atomic E-state index is 13.3. The third-order valence-electron chi connectivity index (χ3n) is 6.59. The summed E-state index contributed by atoms with van der Waals surface area (Å²) in [5.41, 5.74) is 3.15. The van der Waals surface area contributed by atoms with Gasteiger partial charge in [-0.2, -0.15) is 0 Å². The van der Waals surface area contributed by atoms with E-state index in [1.165, 1.54) is 28.9 Å². The van der Waals surface area contributed by atoms with Crippen molar-refractivity contribution < 1.29 is 14.4 Å². The molecule has 2 fully saturated rings. The first-order valence-corrected chi connectivity index (χ1v) is 11.4. The lowest BCUT2D eigenvalue weighted by Crippen LogP contribution is -2.46. The second-order valence-electron chi connectivity index (χ2n) is 9.20. The lowest BCUT2D eigenvalue weighted by atomic mass is 9.97. The molecule has 5 nitrogen and oxygen atoms in total. The van der Waals surface area contributed by atoms with Gasteiger partial charge in [0.25, 0.3) is 5.91 Å². The predicted molar refractivity (Wildman–Crippen MR) is 117 cm³/mol. The Hall–Kier alpha value is -2.43. The van der Waals surface area contributed by atoms with Crippen molar-refractivity contribution in [2.75, 3.05) is 11.4 Å². The van der Waals surface area contributed by atoms with Crippen molar-refractivity contribution in [3.63, 3.8) is 0 Å². The van der Waals surface area contributed by atoms with Gasteiger partial charge in [0, 0.05) is 12.5 Å². The monoisotopic (exact) mass is 408 g/mol. The SMILES string of the molecule is CC(C)c1ccc(N2C(=O)CC(N(CCC3=CCCCC3)C(=O)C3CC3)C2=O)cc1. The number of benzene rings is 1. The van der Waals surface area contributed by atoms with Crippen LogP contribution in [0.5, 0.6) is 0 Å². The van der Waals surface area contributed by atoms with Crippen molar-refractivity contribution in [1.82, 2.24) is 4.90 Å². The average Bonchev–Trinajstić information content (AvgIpc) is 3.55. The van der Waals surface area contributed by atoms with Gasteiger partial charge >= 0.3 is 0 Å². The average molecular weight is 409 g/mol. The molecule has 4 rings (SSSR count). The van der Waals surface area contributed by atoms with Gasteiger partial charge in [-0.1, -0.05) is 37.6 Å². The minimum atomic E-state index is -0.667. The lowest BCUT2D eigenvalue weighted by Gasteiger charge is -2.28. The summed E-state index contributed by atoms with van der Waals surface area (Å²) in [6.07, 6.45) is 9.58. The van der Waals surface area contributed by atoms with Crippen LogP contribution in [0.3, 0.4) is 0 Å². The van der Waals surface area contributed by atoms with Gasteiger partial charge in [0.05, 0.1) is 12.1 Å². The quantitative estimate of drug-likeness (QED) is 0.490. The molecule has 1 heterocycles. The molecule has 1 aromatic rings. The van der Waals surface area contributed by atoms with Gasteiger partial charge in [-0.3, -0.25) is 14.4 Å². The molecule has 5 heteroatoms. The molecule has 0 aromatic heterocycles. The van der Waals surface area contributed by atoms with E-state index in [-0.39, 0.29) is 30.1 Å². The molecule has 30 heavy (non-hydrogen) atoms. The Bertz CT molecular complexity index is 852. The fourth-order valence-corrected chi connectivity index (χ4v) is 4.52. The number of hydrogen-bond acceptors (Lipinski definition) is 3. The van der Waals surface area contributed by atoms with E-state index in [1.807, 2.05) is 24.3 Å². The molecule has 0 radical (unpaired) electrons. The van der Waals surface area contributed by atoms with Crippen LogP contribution in [0.15, 0.2) is 35.9 Å². The van der Waals surface area contributed by atoms with Crippen LogP contribution in [0, 0.1) is 5.92 Å². The number of carbonyl (C=O) groups is 3. The van der Waals surface area contributed by atoms with Gasteiger partial charge in [-0.05, 0) is 68.6 Å². The number of rotatable bonds is 7. The molecule has 1 atom stereocenters. The number of imide groups is 1. The molecule has 1 saturated carbocycles. The Morgan fingerprint density at radius 3 is 2.47 bits per heavy atom. The summed E-state index contributed by atoms with van der Waals surface area (Å²) in [6, 6.07) is 6.95. The fourth-order valence-electron chi connectivity index (χ4n) is 4.52. The minimum absolute atomic E-state index is 0.0348. The van der Waals surface area contributed by atoms with Crippen LogP contribution < -0.4 is 4.90 Å². The zero-order valence-corrected chi connectivity index (χ0v) is 18.1. The van der Waals surface area contributed by atoms with Gasteiger partial charge in [0.1, 0.15) is 6.04 Å². The van der Waals surface area contributed by atoms with Crippen LogP contribution in [0.4, 0.5) is 5.69 Å². The molecule has 1 aromatic carbocycles. The van der Waals surface area contributed by atoms with Crippen LogP contribution in [0.1, 0.15) is 76.7 Å². The van der Waals surface area contributed by atoms with Crippen LogP contribution in [0.2, 0.25) is 0 Å². The van der Waals surface area contributed by atoms with Gasteiger partial charge in [0.2, 0.25) is 11.8 Å². The maximum atomic E-state index is 13.3. The topological polar surface area (TPSA) is 57.7 Å². The van der Waals surface area contributed by atoms with E-state index in [0.717, 1.165) is 32.1 Å². The van der Waals surface area contributed by atoms with Gasteiger partial charge in [-0.15, -0.1) is 0 Å². The minimum Gasteiger partial charge on any atom is -0.330 e. The van der Waals surface area contributed by atoms with E-state index < -0.39 is 6.04 Å². The van der Waals surface area contributed by atoms with Crippen LogP contribution >= 0.6 is 0 Å². The highest BCUT2D eigenvalue weighted by molar-refractivity contribution is 6.23. The molecule has 1 saturated heterocycles. The summed E-state index contributed by atoms with van der Waals surface area (Å²) < 4.78 is 0.